The molecule has 0 bridgehead atoms. The van der Waals surface area contributed by atoms with Gasteiger partial charge in [0.1, 0.15) is 17.8 Å². The number of hydrogen-bond acceptors (Lipinski definition) is 7. The maximum Gasteiger partial charge on any atom is 0.356 e. The zero-order chi connectivity index (χ0) is 31.7. The van der Waals surface area contributed by atoms with Gasteiger partial charge in [-0.3, -0.25) is 14.4 Å². The highest BCUT2D eigenvalue weighted by molar-refractivity contribution is 7.96. The van der Waals surface area contributed by atoms with Crippen molar-refractivity contribution in [2.75, 3.05) is 13.2 Å². The molecule has 4 rings (SSSR count). The Kier molecular flexibility index (Phi) is 11.1. The van der Waals surface area contributed by atoms with Crippen molar-refractivity contribution < 1.29 is 33.8 Å². The van der Waals surface area contributed by atoms with Crippen molar-refractivity contribution in [2.24, 2.45) is 5.92 Å². The lowest BCUT2D eigenvalue weighted by molar-refractivity contribution is -0.158. The molecule has 1 fully saturated rings. The zero-order valence-corrected chi connectivity index (χ0v) is 25.9. The third-order valence-electron chi connectivity index (χ3n) is 7.62. The molecule has 44 heavy (non-hydrogen) atoms. The third kappa shape index (κ3) is 6.77. The number of rotatable bonds is 14. The average molecular weight is 616 g/mol. The van der Waals surface area contributed by atoms with E-state index in [2.05, 4.69) is 6.58 Å². The first-order valence-electron chi connectivity index (χ1n) is 14.6. The van der Waals surface area contributed by atoms with Gasteiger partial charge in [-0.25, -0.2) is 4.79 Å². The van der Waals surface area contributed by atoms with E-state index in [0.29, 0.717) is 6.42 Å². The summed E-state index contributed by atoms with van der Waals surface area (Å²) < 4.78 is 10.7. The highest BCUT2D eigenvalue weighted by Crippen LogP contribution is 2.50. The van der Waals surface area contributed by atoms with E-state index in [-0.39, 0.29) is 37.3 Å². The number of carbonyl (C=O) groups is 4. The van der Waals surface area contributed by atoms with Crippen molar-refractivity contribution in [3.63, 3.8) is 0 Å². The van der Waals surface area contributed by atoms with Crippen molar-refractivity contribution in [3.05, 3.63) is 104 Å². The van der Waals surface area contributed by atoms with Gasteiger partial charge < -0.3 is 19.5 Å². The van der Waals surface area contributed by atoms with Crippen LogP contribution < -0.4 is 15.9 Å². The van der Waals surface area contributed by atoms with Crippen LogP contribution in [0.15, 0.2) is 104 Å². The summed E-state index contributed by atoms with van der Waals surface area (Å²) >= 11 is 0. The van der Waals surface area contributed by atoms with Crippen LogP contribution in [-0.2, 0) is 28.7 Å². The number of benzene rings is 3. The number of β-lactam (4-membered cyclic amide) rings is 1. The lowest BCUT2D eigenvalue weighted by Crippen LogP contribution is -2.68. The minimum absolute atomic E-state index is 0.0810. The number of hydrogen-bond donors (Lipinski definition) is 1. The van der Waals surface area contributed by atoms with Crippen LogP contribution in [0.1, 0.15) is 33.1 Å². The number of amides is 1. The topological polar surface area (TPSA) is 110 Å². The van der Waals surface area contributed by atoms with E-state index < -0.39 is 42.8 Å². The van der Waals surface area contributed by atoms with Crippen molar-refractivity contribution in [1.29, 1.82) is 0 Å². The molecule has 0 unspecified atom stereocenters. The van der Waals surface area contributed by atoms with E-state index in [1.165, 1.54) is 24.8 Å². The van der Waals surface area contributed by atoms with E-state index >= 15 is 0 Å². The molecule has 1 heterocycles. The van der Waals surface area contributed by atoms with Crippen molar-refractivity contribution in [2.45, 2.75) is 45.3 Å². The van der Waals surface area contributed by atoms with Crippen molar-refractivity contribution in [3.8, 4) is 0 Å². The minimum atomic E-state index is -3.13. The van der Waals surface area contributed by atoms with Crippen LogP contribution in [-0.4, -0.2) is 64.4 Å². The molecule has 0 radical (unpaired) electrons. The third-order valence-corrected chi connectivity index (χ3v) is 11.9. The lowest BCUT2D eigenvalue weighted by Gasteiger charge is -2.50. The summed E-state index contributed by atoms with van der Waals surface area (Å²) in [6.07, 6.45) is 0.763. The molecule has 0 aromatic heterocycles. The van der Waals surface area contributed by atoms with Gasteiger partial charge in [0.2, 0.25) is 5.91 Å². The quantitative estimate of drug-likeness (QED) is 0.0974. The monoisotopic (exact) mass is 615 g/mol. The smallest absolute Gasteiger partial charge is 0.356 e. The fourth-order valence-electron chi connectivity index (χ4n) is 5.76. The van der Waals surface area contributed by atoms with Crippen LogP contribution in [0.5, 0.6) is 0 Å². The fourth-order valence-corrected chi connectivity index (χ4v) is 10.2. The Morgan fingerprint density at radius 2 is 1.41 bits per heavy atom. The Bertz CT molecular complexity index is 1430. The molecular formula is C35H38NO7P. The van der Waals surface area contributed by atoms with E-state index in [0.717, 1.165) is 15.9 Å². The number of esters is 2. The zero-order valence-electron chi connectivity index (χ0n) is 25.0. The Labute approximate surface area is 258 Å². The molecule has 1 aliphatic heterocycles. The second-order valence-corrected chi connectivity index (χ2v) is 13.9. The van der Waals surface area contributed by atoms with E-state index in [9.17, 15) is 24.3 Å². The van der Waals surface area contributed by atoms with Crippen LogP contribution in [0.2, 0.25) is 0 Å². The number of ketones is 1. The lowest BCUT2D eigenvalue weighted by atomic mass is 9.80. The molecule has 1 amide bonds. The number of nitrogens with zero attached hydrogens (tertiary/aromatic N) is 1. The molecule has 8 nitrogen and oxygen atoms in total. The van der Waals surface area contributed by atoms with Crippen molar-refractivity contribution in [1.82, 2.24) is 4.90 Å². The molecule has 3 aromatic rings. The number of likely N-dealkylation sites (tertiary alicyclic amines) is 1. The Morgan fingerprint density at radius 3 is 1.84 bits per heavy atom. The highest BCUT2D eigenvalue weighted by Gasteiger charge is 2.55. The molecule has 3 aromatic carbocycles. The summed E-state index contributed by atoms with van der Waals surface area (Å²) in [6.45, 7) is 3.40. The van der Waals surface area contributed by atoms with Crippen LogP contribution >= 0.6 is 6.89 Å². The van der Waals surface area contributed by atoms with Crippen molar-refractivity contribution >= 4 is 51.8 Å². The maximum atomic E-state index is 14.4. The molecule has 1 saturated heterocycles. The number of aliphatic hydroxyl groups excluding tert-OH is 1. The molecule has 0 saturated carbocycles. The Balaban J connectivity index is 2.01. The van der Waals surface area contributed by atoms with Gasteiger partial charge in [-0.05, 0) is 29.3 Å². The second kappa shape index (κ2) is 15.0. The van der Waals surface area contributed by atoms with E-state index in [1.807, 2.05) is 91.0 Å². The number of carbonyl (C=O) groups excluding carboxylic acids is 4. The summed E-state index contributed by atoms with van der Waals surface area (Å²) in [4.78, 5) is 54.2. The summed E-state index contributed by atoms with van der Waals surface area (Å²) in [7, 11) is 0. The van der Waals surface area contributed by atoms with Gasteiger partial charge in [0.15, 0.2) is 0 Å². The molecule has 0 aliphatic carbocycles. The Hall–Kier alpha value is -4.26. The van der Waals surface area contributed by atoms with Gasteiger partial charge in [-0.15, -0.1) is 0 Å². The molecule has 3 atom stereocenters. The second-order valence-electron chi connectivity index (χ2n) is 10.6. The number of aliphatic hydroxyl groups is 1. The van der Waals surface area contributed by atoms with Crippen LogP contribution in [0.25, 0.3) is 0 Å². The average Bonchev–Trinajstić information content (AvgIpc) is 3.03. The number of ether oxygens (including phenoxy) is 2. The molecule has 1 N–H and O–H groups in total. The van der Waals surface area contributed by atoms with Gasteiger partial charge in [0.05, 0.1) is 24.7 Å². The highest BCUT2D eigenvalue weighted by atomic mass is 31.2. The van der Waals surface area contributed by atoms with Gasteiger partial charge in [0.25, 0.3) is 0 Å². The molecule has 0 spiro atoms. The molecular weight excluding hydrogens is 577 g/mol. The van der Waals surface area contributed by atoms with Crippen LogP contribution in [0.3, 0.4) is 0 Å². The Morgan fingerprint density at radius 1 is 0.909 bits per heavy atom. The molecule has 230 valence electrons. The van der Waals surface area contributed by atoms with E-state index in [1.54, 1.807) is 0 Å². The summed E-state index contributed by atoms with van der Waals surface area (Å²) in [6, 6.07) is 27.9. The van der Waals surface area contributed by atoms with Crippen LogP contribution in [0, 0.1) is 5.92 Å². The van der Waals surface area contributed by atoms with Gasteiger partial charge in [-0.2, -0.15) is 0 Å². The van der Waals surface area contributed by atoms with Crippen LogP contribution in [0.4, 0.5) is 0 Å². The van der Waals surface area contributed by atoms with Gasteiger partial charge >= 0.3 is 11.9 Å². The summed E-state index contributed by atoms with van der Waals surface area (Å²) in [5.74, 6) is -2.64. The van der Waals surface area contributed by atoms with Gasteiger partial charge in [0, 0.05) is 26.7 Å². The van der Waals surface area contributed by atoms with Gasteiger partial charge in [-0.1, -0.05) is 104 Å². The molecule has 1 aliphatic rings. The van der Waals surface area contributed by atoms with E-state index in [4.69, 9.17) is 9.47 Å². The number of Topliss-reactive ketones (excluding diaryl/α,β-unsaturated/α-hetero) is 1. The normalized spacial score (nSPS) is 16.8. The fraction of sp³-hybridized carbons (Fsp3) is 0.286. The SMILES string of the molecule is C=CCOC(=O)C(N1C(=O)[C@H]([C@@H](C)O)[C@H]1CC(=O)CCCOC(C)=O)=P(c1ccccc1)(c1ccccc1)c1ccccc1. The maximum absolute atomic E-state index is 14.4. The summed E-state index contributed by atoms with van der Waals surface area (Å²) in [5, 5.41) is 13.2. The summed E-state index contributed by atoms with van der Waals surface area (Å²) in [5.41, 5.74) is 0.141. The first-order valence-corrected chi connectivity index (χ1v) is 16.4. The molecule has 9 heteroatoms. The minimum Gasteiger partial charge on any atom is -0.466 e. The predicted octanol–water partition coefficient (Wildman–Crippen LogP) is 3.35. The standard InChI is InChI=1S/C35H38NO7P/c1-4-22-43-35(41)34(36-31(32(25(2)37)33(36)40)24-27(39)15-14-23-42-26(3)38)44(28-16-8-5-9-17-28,29-18-10-6-11-19-29)30-20-12-7-13-21-30/h4-13,16-21,25,31-32,37H,1,14-15,22-24H2,2-3H3/t25-,31-,32-/m1/s1. The predicted molar refractivity (Wildman–Crippen MR) is 173 cm³/mol. The largest absolute Gasteiger partial charge is 0.466 e. The first-order chi connectivity index (χ1) is 21.2. The first kappa shape index (κ1) is 32.6.